The Morgan fingerprint density at radius 2 is 2.10 bits per heavy atom. The van der Waals surface area contributed by atoms with Crippen LogP contribution in [-0.4, -0.2) is 50.9 Å². The number of hydrogen-bond acceptors (Lipinski definition) is 3. The van der Waals surface area contributed by atoms with Crippen LogP contribution in [0.5, 0.6) is 0 Å². The fourth-order valence-corrected chi connectivity index (χ4v) is 3.25. The van der Waals surface area contributed by atoms with Gasteiger partial charge in [0.15, 0.2) is 0 Å². The predicted octanol–water partition coefficient (Wildman–Crippen LogP) is 1.49. The van der Waals surface area contributed by atoms with Crippen molar-refractivity contribution in [1.82, 2.24) is 19.4 Å². The number of hydrogen-bond donors (Lipinski definition) is 0. The smallest absolute Gasteiger partial charge is 0.223 e. The molecule has 1 fully saturated rings. The molecule has 5 heteroatoms. The number of aromatic nitrogens is 2. The summed E-state index contributed by atoms with van der Waals surface area (Å²) in [4.78, 5) is 21.0. The highest BCUT2D eigenvalue weighted by molar-refractivity contribution is 5.76. The molecule has 0 aromatic carbocycles. The van der Waals surface area contributed by atoms with Crippen molar-refractivity contribution < 1.29 is 4.79 Å². The van der Waals surface area contributed by atoms with Crippen LogP contribution in [0.15, 0.2) is 12.5 Å². The van der Waals surface area contributed by atoms with Crippen LogP contribution < -0.4 is 0 Å². The van der Waals surface area contributed by atoms with Gasteiger partial charge in [-0.25, -0.2) is 4.98 Å². The van der Waals surface area contributed by atoms with Gasteiger partial charge in [0.1, 0.15) is 0 Å². The number of carbonyl (C=O) groups is 1. The van der Waals surface area contributed by atoms with Crippen molar-refractivity contribution in [3.63, 3.8) is 0 Å². The summed E-state index contributed by atoms with van der Waals surface area (Å²) in [5, 5.41) is 0. The lowest BCUT2D eigenvalue weighted by molar-refractivity contribution is -0.133. The first-order chi connectivity index (χ1) is 9.74. The van der Waals surface area contributed by atoms with E-state index in [9.17, 15) is 4.79 Å². The number of amides is 1. The van der Waals surface area contributed by atoms with Gasteiger partial charge in [0, 0.05) is 31.7 Å². The molecule has 1 atom stereocenters. The Hall–Kier alpha value is -1.36. The lowest BCUT2D eigenvalue weighted by atomic mass is 10.1. The van der Waals surface area contributed by atoms with E-state index in [0.717, 1.165) is 31.7 Å². The van der Waals surface area contributed by atoms with Gasteiger partial charge >= 0.3 is 0 Å². The summed E-state index contributed by atoms with van der Waals surface area (Å²) in [6, 6.07) is 0.539. The number of imidazole rings is 1. The summed E-state index contributed by atoms with van der Waals surface area (Å²) in [7, 11) is 0. The first-order valence-electron chi connectivity index (χ1n) is 7.75. The zero-order chi connectivity index (χ0) is 13.9. The number of nitrogens with zero attached hydrogens (tertiary/aromatic N) is 4. The molecule has 3 heterocycles. The SMILES string of the molecule is CC(CCC(=O)N1CCn2cncc2C1)N1CCCC1. The van der Waals surface area contributed by atoms with Crippen molar-refractivity contribution in [2.24, 2.45) is 0 Å². The number of likely N-dealkylation sites (tertiary alicyclic amines) is 1. The van der Waals surface area contributed by atoms with E-state index in [1.165, 1.54) is 25.9 Å². The predicted molar refractivity (Wildman–Crippen MR) is 77.1 cm³/mol. The van der Waals surface area contributed by atoms with E-state index in [1.807, 2.05) is 17.4 Å². The molecule has 0 bridgehead atoms. The molecule has 1 saturated heterocycles. The minimum atomic E-state index is 0.295. The topological polar surface area (TPSA) is 41.4 Å². The Bertz CT molecular complexity index is 464. The van der Waals surface area contributed by atoms with E-state index in [-0.39, 0.29) is 0 Å². The van der Waals surface area contributed by atoms with Crippen LogP contribution in [0.4, 0.5) is 0 Å². The number of fused-ring (bicyclic) bond motifs is 1. The Balaban J connectivity index is 1.47. The third kappa shape index (κ3) is 2.87. The molecule has 1 amide bonds. The quantitative estimate of drug-likeness (QED) is 0.836. The van der Waals surface area contributed by atoms with Crippen molar-refractivity contribution in [2.75, 3.05) is 19.6 Å². The van der Waals surface area contributed by atoms with E-state index in [1.54, 1.807) is 0 Å². The van der Waals surface area contributed by atoms with Gasteiger partial charge in [-0.3, -0.25) is 4.79 Å². The summed E-state index contributed by atoms with van der Waals surface area (Å²) < 4.78 is 2.14. The molecule has 3 rings (SSSR count). The maximum absolute atomic E-state index is 12.3. The standard InChI is InChI=1S/C15H24N4O/c1-13(17-6-2-3-7-17)4-5-15(20)18-8-9-19-12-16-10-14(19)11-18/h10,12-13H,2-9,11H2,1H3. The van der Waals surface area contributed by atoms with Crippen LogP contribution >= 0.6 is 0 Å². The van der Waals surface area contributed by atoms with Gasteiger partial charge in [0.25, 0.3) is 0 Å². The first kappa shape index (κ1) is 13.6. The molecule has 2 aliphatic heterocycles. The van der Waals surface area contributed by atoms with Gasteiger partial charge in [-0.15, -0.1) is 0 Å². The summed E-state index contributed by atoms with van der Waals surface area (Å²) in [5.74, 6) is 0.295. The maximum Gasteiger partial charge on any atom is 0.223 e. The molecule has 0 radical (unpaired) electrons. The Morgan fingerprint density at radius 1 is 1.30 bits per heavy atom. The minimum absolute atomic E-state index is 0.295. The fourth-order valence-electron chi connectivity index (χ4n) is 3.25. The van der Waals surface area contributed by atoms with Gasteiger partial charge in [0.05, 0.1) is 18.6 Å². The molecule has 1 aromatic rings. The van der Waals surface area contributed by atoms with E-state index >= 15 is 0 Å². The molecule has 0 saturated carbocycles. The van der Waals surface area contributed by atoms with Crippen molar-refractivity contribution in [1.29, 1.82) is 0 Å². The fraction of sp³-hybridized carbons (Fsp3) is 0.733. The lowest BCUT2D eigenvalue weighted by Crippen LogP contribution is -2.39. The second-order valence-corrected chi connectivity index (χ2v) is 6.02. The lowest BCUT2D eigenvalue weighted by Gasteiger charge is -2.29. The molecule has 0 spiro atoms. The summed E-state index contributed by atoms with van der Waals surface area (Å²) >= 11 is 0. The van der Waals surface area contributed by atoms with Gasteiger partial charge < -0.3 is 14.4 Å². The van der Waals surface area contributed by atoms with Crippen LogP contribution in [-0.2, 0) is 17.9 Å². The van der Waals surface area contributed by atoms with Crippen molar-refractivity contribution >= 4 is 5.91 Å². The summed E-state index contributed by atoms with van der Waals surface area (Å²) in [5.41, 5.74) is 1.15. The zero-order valence-electron chi connectivity index (χ0n) is 12.3. The molecule has 0 N–H and O–H groups in total. The van der Waals surface area contributed by atoms with Crippen LogP contribution in [0.25, 0.3) is 0 Å². The van der Waals surface area contributed by atoms with Crippen molar-refractivity contribution in [3.8, 4) is 0 Å². The average Bonchev–Trinajstić information content (AvgIpc) is 3.13. The first-order valence-corrected chi connectivity index (χ1v) is 7.75. The molecule has 1 unspecified atom stereocenters. The molecular formula is C15H24N4O. The zero-order valence-corrected chi connectivity index (χ0v) is 12.3. The Labute approximate surface area is 120 Å². The Morgan fingerprint density at radius 3 is 2.90 bits per heavy atom. The molecular weight excluding hydrogens is 252 g/mol. The number of carbonyl (C=O) groups excluding carboxylic acids is 1. The third-order valence-corrected chi connectivity index (χ3v) is 4.65. The highest BCUT2D eigenvalue weighted by Gasteiger charge is 2.23. The highest BCUT2D eigenvalue weighted by Crippen LogP contribution is 2.17. The van der Waals surface area contributed by atoms with Gasteiger partial charge in [0.2, 0.25) is 5.91 Å². The Kier molecular flexibility index (Phi) is 4.05. The monoisotopic (exact) mass is 276 g/mol. The second kappa shape index (κ2) is 5.95. The van der Waals surface area contributed by atoms with Crippen molar-refractivity contribution in [3.05, 3.63) is 18.2 Å². The van der Waals surface area contributed by atoms with E-state index < -0.39 is 0 Å². The van der Waals surface area contributed by atoms with Gasteiger partial charge in [-0.05, 0) is 39.3 Å². The van der Waals surface area contributed by atoms with Crippen LogP contribution in [0.3, 0.4) is 0 Å². The van der Waals surface area contributed by atoms with Crippen LogP contribution in [0.1, 0.15) is 38.3 Å². The summed E-state index contributed by atoms with van der Waals surface area (Å²) in [6.45, 7) is 7.08. The van der Waals surface area contributed by atoms with E-state index in [2.05, 4.69) is 21.4 Å². The molecule has 5 nitrogen and oxygen atoms in total. The minimum Gasteiger partial charge on any atom is -0.335 e. The molecule has 0 aliphatic carbocycles. The number of rotatable bonds is 4. The van der Waals surface area contributed by atoms with Crippen LogP contribution in [0.2, 0.25) is 0 Å². The van der Waals surface area contributed by atoms with Gasteiger partial charge in [-0.1, -0.05) is 0 Å². The summed E-state index contributed by atoms with van der Waals surface area (Å²) in [6.07, 6.45) is 8.00. The highest BCUT2D eigenvalue weighted by atomic mass is 16.2. The molecule has 20 heavy (non-hydrogen) atoms. The maximum atomic E-state index is 12.3. The van der Waals surface area contributed by atoms with E-state index in [4.69, 9.17) is 0 Å². The second-order valence-electron chi connectivity index (χ2n) is 6.02. The van der Waals surface area contributed by atoms with Gasteiger partial charge in [-0.2, -0.15) is 0 Å². The molecule has 1 aromatic heterocycles. The normalized spacial score (nSPS) is 20.9. The molecule has 110 valence electrons. The largest absolute Gasteiger partial charge is 0.335 e. The van der Waals surface area contributed by atoms with Crippen LogP contribution in [0, 0.1) is 0 Å². The van der Waals surface area contributed by atoms with Crippen molar-refractivity contribution in [2.45, 2.75) is 51.7 Å². The third-order valence-electron chi connectivity index (χ3n) is 4.65. The molecule has 2 aliphatic rings. The average molecular weight is 276 g/mol. The van der Waals surface area contributed by atoms with E-state index in [0.29, 0.717) is 18.4 Å².